The highest BCUT2D eigenvalue weighted by molar-refractivity contribution is 7.00. The van der Waals surface area contributed by atoms with E-state index in [2.05, 4.69) is 341 Å². The first-order valence-electron chi connectivity index (χ1n) is 54.1. The van der Waals surface area contributed by atoms with Gasteiger partial charge >= 0.3 is 0 Å². The van der Waals surface area contributed by atoms with Crippen molar-refractivity contribution in [1.29, 1.82) is 0 Å². The monoisotopic (exact) mass is 1740 g/mol. The van der Waals surface area contributed by atoms with Gasteiger partial charge in [-0.3, -0.25) is 0 Å². The van der Waals surface area contributed by atoms with Gasteiger partial charge in [-0.15, -0.1) is 0 Å². The van der Waals surface area contributed by atoms with Crippen LogP contribution in [0.2, 0.25) is 0 Å². The van der Waals surface area contributed by atoms with Gasteiger partial charge in [-0.1, -0.05) is 375 Å². The maximum absolute atomic E-state index is 10.3. The van der Waals surface area contributed by atoms with Crippen LogP contribution in [0, 0.1) is 0 Å². The van der Waals surface area contributed by atoms with Crippen LogP contribution in [0.25, 0.3) is 144 Å². The lowest BCUT2D eigenvalue weighted by molar-refractivity contribution is 0.590. The van der Waals surface area contributed by atoms with Crippen molar-refractivity contribution in [2.24, 2.45) is 0 Å². The van der Waals surface area contributed by atoms with Crippen LogP contribution in [0.1, 0.15) is 96.9 Å². The Labute approximate surface area is 811 Å². The third-order valence-corrected chi connectivity index (χ3v) is 28.2. The summed E-state index contributed by atoms with van der Waals surface area (Å²) in [5.74, 6) is 0. The first-order chi connectivity index (χ1) is 72.9. The maximum atomic E-state index is 10.3. The van der Waals surface area contributed by atoms with Crippen LogP contribution in [0.15, 0.2) is 461 Å². The predicted octanol–water partition coefficient (Wildman–Crippen LogP) is 32.4. The molecule has 1 aliphatic carbocycles. The Morgan fingerprint density at radius 2 is 0.578 bits per heavy atom. The molecule has 5 heterocycles. The van der Waals surface area contributed by atoms with Gasteiger partial charge in [0.15, 0.2) is 0 Å². The molecule has 0 radical (unpaired) electrons. The standard InChI is InChI=1S/C129H94BN5/c1-127(2,3)93-77-104(85-42-16-9-17-43-85)125(105(78-93)86-44-18-10-19-45-86)134-120-81-96(132-114-61-31-24-54-100(114)101-55-25-32-62-115(101)132)67-69-112(120)130-113-70-68-97(133-116-63-33-26-56-102(116)103-57-27-34-64-117(103)133)82-121(113)135(126-106(90-48-36-46-87(72-90)83-38-12-7-13-39-83)79-94(128(4,5)6)80-107(126)91-49-37-47-88(73-91)84-40-14-8-15-41-84)123-76-92(75-122(134)124(123)130)89-66-71-119-111(74-89)129(108-58-28-22-52-98(108)99-53-23-29-59-109(99)129)110-60-30-35-65-118(110)131(119)95-50-20-11-21-51-95/h7-82H,1-6H3/i24D,25D,26D,27D,31D,32D,33D,34D,54D,55D,56D,57D,61D,62D,63D,64D. The molecule has 22 aromatic rings. The van der Waals surface area contributed by atoms with Crippen LogP contribution < -0.4 is 31.1 Å². The van der Waals surface area contributed by atoms with Gasteiger partial charge in [0.1, 0.15) is 0 Å². The highest BCUT2D eigenvalue weighted by Crippen LogP contribution is 2.65. The zero-order valence-electron chi connectivity index (χ0n) is 91.0. The number of para-hydroxylation sites is 6. The lowest BCUT2D eigenvalue weighted by Crippen LogP contribution is -2.61. The summed E-state index contributed by atoms with van der Waals surface area (Å²) in [5.41, 5.74) is 27.7. The van der Waals surface area contributed by atoms with Gasteiger partial charge in [0.25, 0.3) is 6.71 Å². The summed E-state index contributed by atoms with van der Waals surface area (Å²) in [6.07, 6.45) is 0. The second kappa shape index (κ2) is 30.8. The van der Waals surface area contributed by atoms with Gasteiger partial charge in [-0.2, -0.15) is 0 Å². The third-order valence-electron chi connectivity index (χ3n) is 28.2. The predicted molar refractivity (Wildman–Crippen MR) is 570 cm³/mol. The van der Waals surface area contributed by atoms with Crippen LogP contribution in [0.4, 0.5) is 51.2 Å². The van der Waals surface area contributed by atoms with Crippen LogP contribution in [-0.4, -0.2) is 15.8 Å². The molecule has 0 fully saturated rings. The summed E-state index contributed by atoms with van der Waals surface area (Å²) in [4.78, 5) is 7.18. The molecule has 1 spiro atoms. The number of aromatic nitrogens is 2. The van der Waals surface area contributed by atoms with Gasteiger partial charge in [-0.25, -0.2) is 0 Å². The summed E-state index contributed by atoms with van der Waals surface area (Å²) < 4.78 is 160. The van der Waals surface area contributed by atoms with E-state index in [1.807, 2.05) is 78.9 Å². The normalized spacial score (nSPS) is 14.9. The highest BCUT2D eigenvalue weighted by atomic mass is 15.2. The van der Waals surface area contributed by atoms with Crippen molar-refractivity contribution in [1.82, 2.24) is 9.13 Å². The van der Waals surface area contributed by atoms with Crippen molar-refractivity contribution in [2.75, 3.05) is 14.7 Å². The molecule has 2 aromatic heterocycles. The summed E-state index contributed by atoms with van der Waals surface area (Å²) in [5, 5.41) is -0.382. The molecular formula is C129H94BN5. The third kappa shape index (κ3) is 12.4. The molecule has 20 aromatic carbocycles. The molecule has 0 N–H and O–H groups in total. The lowest BCUT2D eigenvalue weighted by Gasteiger charge is -2.46. The Morgan fingerprint density at radius 3 is 1.01 bits per heavy atom. The number of hydrogen-bond acceptors (Lipinski definition) is 3. The van der Waals surface area contributed by atoms with Crippen LogP contribution in [0.5, 0.6) is 0 Å². The van der Waals surface area contributed by atoms with Gasteiger partial charge in [-0.05, 0) is 255 Å². The first-order valence-corrected chi connectivity index (χ1v) is 46.1. The van der Waals surface area contributed by atoms with E-state index in [0.29, 0.717) is 39.4 Å². The van der Waals surface area contributed by atoms with E-state index in [1.54, 1.807) is 9.13 Å². The molecule has 0 saturated heterocycles. The van der Waals surface area contributed by atoms with E-state index in [4.69, 9.17) is 0 Å². The number of rotatable bonds is 12. The average molecular weight is 1740 g/mol. The van der Waals surface area contributed by atoms with Gasteiger partial charge in [0.05, 0.1) is 72.2 Å². The highest BCUT2D eigenvalue weighted by Gasteiger charge is 2.53. The smallest absolute Gasteiger partial charge is 0.252 e. The first kappa shape index (κ1) is 64.3. The van der Waals surface area contributed by atoms with E-state index in [9.17, 15) is 21.9 Å². The van der Waals surface area contributed by atoms with E-state index < -0.39 is 120 Å². The molecule has 3 aliphatic heterocycles. The topological polar surface area (TPSA) is 19.6 Å². The average Bonchev–Trinajstić information content (AvgIpc) is 1.53. The zero-order valence-corrected chi connectivity index (χ0v) is 75.0. The fourth-order valence-corrected chi connectivity index (χ4v) is 22.1. The van der Waals surface area contributed by atoms with Crippen molar-refractivity contribution < 1.29 is 21.9 Å². The van der Waals surface area contributed by atoms with Crippen molar-refractivity contribution in [2.45, 2.75) is 57.8 Å². The van der Waals surface area contributed by atoms with Gasteiger partial charge in [0, 0.05) is 83.6 Å². The molecular weight excluding hydrogens is 1630 g/mol. The summed E-state index contributed by atoms with van der Waals surface area (Å²) in [6, 6.07) is 120. The Bertz CT molecular complexity index is 9270. The molecule has 5 nitrogen and oxygen atoms in total. The van der Waals surface area contributed by atoms with Crippen LogP contribution in [-0.2, 0) is 16.2 Å². The Balaban J connectivity index is 0.900. The molecule has 6 heteroatoms. The van der Waals surface area contributed by atoms with Crippen molar-refractivity contribution in [3.63, 3.8) is 0 Å². The maximum Gasteiger partial charge on any atom is 0.252 e. The van der Waals surface area contributed by atoms with Crippen molar-refractivity contribution >= 4 is 118 Å². The largest absolute Gasteiger partial charge is 0.310 e. The van der Waals surface area contributed by atoms with Crippen molar-refractivity contribution in [3.8, 4) is 100 Å². The molecule has 135 heavy (non-hydrogen) atoms. The molecule has 638 valence electrons. The number of benzene rings is 20. The van der Waals surface area contributed by atoms with E-state index in [-0.39, 0.29) is 55.0 Å². The second-order valence-corrected chi connectivity index (χ2v) is 37.8. The molecule has 0 saturated carbocycles. The minimum Gasteiger partial charge on any atom is -0.310 e. The fourth-order valence-electron chi connectivity index (χ4n) is 22.1. The second-order valence-electron chi connectivity index (χ2n) is 37.8. The van der Waals surface area contributed by atoms with E-state index in [1.165, 1.54) is 0 Å². The van der Waals surface area contributed by atoms with Crippen molar-refractivity contribution in [3.05, 3.63) is 494 Å². The molecule has 0 amide bonds. The van der Waals surface area contributed by atoms with Crippen LogP contribution in [0.3, 0.4) is 0 Å². The van der Waals surface area contributed by atoms with E-state index in [0.717, 1.165) is 151 Å². The summed E-state index contributed by atoms with van der Waals surface area (Å²) in [7, 11) is 0. The number of anilines is 9. The summed E-state index contributed by atoms with van der Waals surface area (Å²) >= 11 is 0. The molecule has 4 aliphatic rings. The summed E-state index contributed by atoms with van der Waals surface area (Å²) in [6.45, 7) is 12.5. The SMILES string of the molecule is [2H]c1c([2H])c([2H])c2c(c1[2H])c1c([2H])c([2H])c([2H])c([2H])c1n2-c1ccc2c(c1)N(c1c(-c3ccccc3)cc(C(C)(C)C)cc1-c1ccccc1)c1cc(-c3ccc4c(c3)C3(c5ccccc5-c5ccccc53)c3ccccc3N4c3ccccc3)cc3c1B2c1ccc(-n2c4c([2H])c([2H])c([2H])c([2H])c4c4c([2H])c([2H])c([2H])c([2H])c42)cc1N3c1c(-c2cccc(-c3ccccc3)c2)cc(C(C)(C)C)cc1-c1cccc(-c2ccccc2)c1. The van der Waals surface area contributed by atoms with E-state index >= 15 is 0 Å². The lowest BCUT2D eigenvalue weighted by atomic mass is 9.33. The Hall–Kier alpha value is -16.5. The zero-order chi connectivity index (χ0) is 104. The Kier molecular flexibility index (Phi) is 14.7. The molecule has 26 rings (SSSR count). The molecule has 0 bridgehead atoms. The molecule has 0 unspecified atom stereocenters. The number of fused-ring (bicyclic) bond motifs is 19. The quantitative estimate of drug-likeness (QED) is 0.114. The van der Waals surface area contributed by atoms with Crippen LogP contribution >= 0.6 is 0 Å². The number of hydrogen-bond donors (Lipinski definition) is 0. The number of nitrogens with zero attached hydrogens (tertiary/aromatic N) is 5. The van der Waals surface area contributed by atoms with Gasteiger partial charge < -0.3 is 23.8 Å². The fraction of sp³-hybridized carbons (Fsp3) is 0.0698. The molecule has 0 atom stereocenters. The minimum atomic E-state index is -0.988. The Morgan fingerprint density at radius 1 is 0.230 bits per heavy atom. The van der Waals surface area contributed by atoms with Gasteiger partial charge in [0.2, 0.25) is 0 Å². The minimum absolute atomic E-state index is 0.0745.